The second kappa shape index (κ2) is 7.67. The van der Waals surface area contributed by atoms with E-state index in [0.717, 1.165) is 11.1 Å². The molecule has 0 aliphatic carbocycles. The van der Waals surface area contributed by atoms with E-state index in [1.165, 1.54) is 12.1 Å². The predicted octanol–water partition coefficient (Wildman–Crippen LogP) is 5.69. The fourth-order valence-electron chi connectivity index (χ4n) is 3.13. The average Bonchev–Trinajstić information content (AvgIpc) is 3.48. The van der Waals surface area contributed by atoms with E-state index < -0.39 is 5.82 Å². The number of nitrogens with zero attached hydrogens (tertiary/aromatic N) is 4. The molecule has 10 heteroatoms. The van der Waals surface area contributed by atoms with Gasteiger partial charge >= 0.3 is 0 Å². The van der Waals surface area contributed by atoms with Gasteiger partial charge in [-0.3, -0.25) is 0 Å². The number of aromatic amines is 2. The van der Waals surface area contributed by atoms with Crippen LogP contribution >= 0.6 is 0 Å². The zero-order valence-electron chi connectivity index (χ0n) is 15.9. The highest BCUT2D eigenvalue weighted by atomic mass is 19.1. The molecule has 152 valence electrons. The largest absolute Gasteiger partial charge is 0.453 e. The summed E-state index contributed by atoms with van der Waals surface area (Å²) in [5.41, 5.74) is 9.66. The molecule has 0 saturated carbocycles. The Morgan fingerprint density at radius 1 is 1.00 bits per heavy atom. The lowest BCUT2D eigenvalue weighted by atomic mass is 10.2. The third kappa shape index (κ3) is 3.69. The van der Waals surface area contributed by atoms with Crippen molar-refractivity contribution in [2.45, 2.75) is 0 Å². The molecule has 0 bridgehead atoms. The van der Waals surface area contributed by atoms with Crippen molar-refractivity contribution >= 4 is 28.5 Å². The Kier molecular flexibility index (Phi) is 4.56. The molecule has 0 unspecified atom stereocenters. The Morgan fingerprint density at radius 3 is 2.74 bits per heavy atom. The minimum atomic E-state index is -0.547. The van der Waals surface area contributed by atoms with Crippen LogP contribution in [0.1, 0.15) is 0 Å². The number of ether oxygens (including phenoxy) is 1. The minimum Gasteiger partial charge on any atom is -0.453 e. The van der Waals surface area contributed by atoms with Gasteiger partial charge in [-0.05, 0) is 36.4 Å². The van der Waals surface area contributed by atoms with E-state index in [4.69, 9.17) is 10.3 Å². The minimum absolute atomic E-state index is 0.0109. The van der Waals surface area contributed by atoms with E-state index >= 15 is 0 Å². The number of aromatic nitrogens is 5. The van der Waals surface area contributed by atoms with E-state index in [9.17, 15) is 4.39 Å². The van der Waals surface area contributed by atoms with Crippen molar-refractivity contribution in [1.82, 2.24) is 24.9 Å². The number of fused-ring (bicyclic) bond motifs is 1. The number of nitrogens with one attached hydrogen (secondary N) is 4. The first-order valence-corrected chi connectivity index (χ1v) is 9.26. The van der Waals surface area contributed by atoms with Gasteiger partial charge in [0.1, 0.15) is 17.2 Å². The molecule has 1 aromatic carbocycles. The first-order chi connectivity index (χ1) is 15.2. The van der Waals surface area contributed by atoms with Crippen LogP contribution < -0.4 is 10.1 Å². The summed E-state index contributed by atoms with van der Waals surface area (Å²) < 4.78 is 20.5. The number of pyridine rings is 1. The van der Waals surface area contributed by atoms with Gasteiger partial charge in [-0.25, -0.2) is 19.9 Å². The summed E-state index contributed by atoms with van der Waals surface area (Å²) in [7, 11) is 0. The summed E-state index contributed by atoms with van der Waals surface area (Å²) in [5, 5.41) is 7.09. The number of rotatable bonds is 6. The monoisotopic (exact) mass is 414 g/mol. The Labute approximate surface area is 174 Å². The molecule has 31 heavy (non-hydrogen) atoms. The van der Waals surface area contributed by atoms with E-state index in [-0.39, 0.29) is 11.7 Å². The van der Waals surface area contributed by atoms with Gasteiger partial charge in [0.05, 0.1) is 16.8 Å². The Hall–Kier alpha value is -4.60. The molecule has 0 spiro atoms. The maximum absolute atomic E-state index is 14.7. The second-order valence-electron chi connectivity index (χ2n) is 6.56. The quantitative estimate of drug-likeness (QED) is 0.266. The van der Waals surface area contributed by atoms with E-state index in [1.54, 1.807) is 36.8 Å². The summed E-state index contributed by atoms with van der Waals surface area (Å²) >= 11 is 0. The molecule has 0 aliphatic rings. The van der Waals surface area contributed by atoms with Crippen LogP contribution in [0.4, 0.5) is 21.8 Å². The van der Waals surface area contributed by atoms with Crippen LogP contribution in [0.25, 0.3) is 22.4 Å². The standard InChI is InChI=1S/C21H15FN8O/c22-14-10-12(3-4-18(14)31-17-6-9-26-20-13(17)5-8-25-20)27-19-11-16(15-2-1-7-24-15)28-21(29-19)30-23/h1-11,23-24H,(H,25,26)(H,27,28,29). The lowest BCUT2D eigenvalue weighted by molar-refractivity contribution is 0.446. The summed E-state index contributed by atoms with van der Waals surface area (Å²) in [6.07, 6.45) is 5.10. The van der Waals surface area contributed by atoms with Crippen LogP contribution in [-0.4, -0.2) is 24.9 Å². The topological polar surface area (TPSA) is 128 Å². The van der Waals surface area contributed by atoms with Gasteiger partial charge < -0.3 is 20.0 Å². The molecule has 0 radical (unpaired) electrons. The third-order valence-electron chi connectivity index (χ3n) is 4.53. The Balaban J connectivity index is 1.41. The molecule has 0 saturated heterocycles. The smallest absolute Gasteiger partial charge is 0.270 e. The highest BCUT2D eigenvalue weighted by Gasteiger charge is 2.12. The molecule has 4 heterocycles. The summed E-state index contributed by atoms with van der Waals surface area (Å²) in [4.78, 5) is 18.6. The molecule has 4 aromatic heterocycles. The van der Waals surface area contributed by atoms with Gasteiger partial charge in [0.2, 0.25) is 0 Å². The molecule has 4 N–H and O–H groups in total. The molecule has 5 aromatic rings. The van der Waals surface area contributed by atoms with Crippen molar-refractivity contribution < 1.29 is 9.13 Å². The Morgan fingerprint density at radius 2 is 1.94 bits per heavy atom. The molecule has 5 rings (SSSR count). The van der Waals surface area contributed by atoms with E-state index in [1.807, 2.05) is 18.2 Å². The number of H-pyrrole nitrogens is 2. The van der Waals surface area contributed by atoms with Crippen molar-refractivity contribution in [3.8, 4) is 22.9 Å². The zero-order valence-corrected chi connectivity index (χ0v) is 15.9. The first kappa shape index (κ1) is 18.4. The molecule has 0 fully saturated rings. The third-order valence-corrected chi connectivity index (χ3v) is 4.53. The maximum atomic E-state index is 14.7. The van der Waals surface area contributed by atoms with Crippen LogP contribution in [0.2, 0.25) is 0 Å². The molecule has 0 amide bonds. The molecular formula is C21H15FN8O. The van der Waals surface area contributed by atoms with Crippen molar-refractivity contribution in [2.24, 2.45) is 5.11 Å². The van der Waals surface area contributed by atoms with Gasteiger partial charge in [-0.1, -0.05) is 0 Å². The van der Waals surface area contributed by atoms with E-state index in [2.05, 4.69) is 35.4 Å². The van der Waals surface area contributed by atoms with Gasteiger partial charge in [0.15, 0.2) is 11.6 Å². The lowest BCUT2D eigenvalue weighted by Gasteiger charge is -2.11. The molecule has 0 aliphatic heterocycles. The summed E-state index contributed by atoms with van der Waals surface area (Å²) in [6, 6.07) is 13.4. The average molecular weight is 414 g/mol. The summed E-state index contributed by atoms with van der Waals surface area (Å²) in [5.74, 6) is 0.398. The van der Waals surface area contributed by atoms with Gasteiger partial charge in [-0.15, -0.1) is 5.11 Å². The second-order valence-corrected chi connectivity index (χ2v) is 6.56. The van der Waals surface area contributed by atoms with Gasteiger partial charge in [-0.2, -0.15) is 4.98 Å². The highest BCUT2D eigenvalue weighted by molar-refractivity contribution is 5.82. The van der Waals surface area contributed by atoms with Crippen LogP contribution in [0.3, 0.4) is 0 Å². The molecular weight excluding hydrogens is 399 g/mol. The SMILES string of the molecule is N=Nc1nc(Nc2ccc(Oc3ccnc4[nH]ccc34)c(F)c2)cc(-c2ccc[nH]2)n1. The van der Waals surface area contributed by atoms with Crippen molar-refractivity contribution in [3.05, 3.63) is 72.9 Å². The van der Waals surface area contributed by atoms with Crippen LogP contribution in [-0.2, 0) is 0 Å². The van der Waals surface area contributed by atoms with Gasteiger partial charge in [0, 0.05) is 36.4 Å². The van der Waals surface area contributed by atoms with Crippen molar-refractivity contribution in [2.75, 3.05) is 5.32 Å². The van der Waals surface area contributed by atoms with E-state index in [0.29, 0.717) is 28.6 Å². The fraction of sp³-hybridized carbons (Fsp3) is 0. The van der Waals surface area contributed by atoms with Crippen molar-refractivity contribution in [3.63, 3.8) is 0 Å². The van der Waals surface area contributed by atoms with Gasteiger partial charge in [0.25, 0.3) is 5.95 Å². The molecule has 0 atom stereocenters. The lowest BCUT2D eigenvalue weighted by Crippen LogP contribution is -1.98. The van der Waals surface area contributed by atoms with Crippen LogP contribution in [0, 0.1) is 11.3 Å². The number of benzene rings is 1. The Bertz CT molecular complexity index is 1380. The first-order valence-electron chi connectivity index (χ1n) is 9.26. The number of anilines is 2. The zero-order chi connectivity index (χ0) is 21.2. The number of hydrogen-bond donors (Lipinski definition) is 4. The van der Waals surface area contributed by atoms with Crippen LogP contribution in [0.5, 0.6) is 11.5 Å². The van der Waals surface area contributed by atoms with Crippen molar-refractivity contribution in [1.29, 1.82) is 5.53 Å². The number of halogens is 1. The highest BCUT2D eigenvalue weighted by Crippen LogP contribution is 2.32. The predicted molar refractivity (Wildman–Crippen MR) is 112 cm³/mol. The summed E-state index contributed by atoms with van der Waals surface area (Å²) in [6.45, 7) is 0. The van der Waals surface area contributed by atoms with Crippen LogP contribution in [0.15, 0.2) is 72.2 Å². The maximum Gasteiger partial charge on any atom is 0.270 e. The normalized spacial score (nSPS) is 10.9. The fourth-order valence-corrected chi connectivity index (χ4v) is 3.13. The molecule has 9 nitrogen and oxygen atoms in total. The number of hydrogen-bond acceptors (Lipinski definition) is 7.